The van der Waals surface area contributed by atoms with Crippen LogP contribution in [0.25, 0.3) is 0 Å². The second-order valence-electron chi connectivity index (χ2n) is 5.11. The third-order valence-electron chi connectivity index (χ3n) is 3.70. The molecule has 5 heteroatoms. The Kier molecular flexibility index (Phi) is 5.42. The standard InChI is InChI=1S/C14H21BrN2OS/c1-3-17(9-11-6-7-12(15)19-11)14(18)13-10(2)5-4-8-16-13/h6-7,10,13,16H,3-5,8-9H2,1-2H3. The number of carbonyl (C=O) groups is 1. The van der Waals surface area contributed by atoms with E-state index in [1.807, 2.05) is 17.9 Å². The van der Waals surface area contributed by atoms with Gasteiger partial charge in [0.2, 0.25) is 5.91 Å². The maximum Gasteiger partial charge on any atom is 0.240 e. The molecule has 2 heterocycles. The number of nitrogens with zero attached hydrogens (tertiary/aromatic N) is 1. The number of hydrogen-bond acceptors (Lipinski definition) is 3. The monoisotopic (exact) mass is 344 g/mol. The van der Waals surface area contributed by atoms with Crippen LogP contribution in [0.5, 0.6) is 0 Å². The molecule has 2 unspecified atom stereocenters. The van der Waals surface area contributed by atoms with Gasteiger partial charge in [-0.05, 0) is 60.3 Å². The lowest BCUT2D eigenvalue weighted by Crippen LogP contribution is -2.52. The number of thiophene rings is 1. The molecule has 2 atom stereocenters. The van der Waals surface area contributed by atoms with E-state index in [2.05, 4.69) is 34.2 Å². The summed E-state index contributed by atoms with van der Waals surface area (Å²) in [6, 6.07) is 4.12. The highest BCUT2D eigenvalue weighted by Gasteiger charge is 2.30. The van der Waals surface area contributed by atoms with E-state index in [1.54, 1.807) is 11.3 Å². The molecule has 3 nitrogen and oxygen atoms in total. The minimum Gasteiger partial charge on any atom is -0.336 e. The molecule has 19 heavy (non-hydrogen) atoms. The second-order valence-corrected chi connectivity index (χ2v) is 7.66. The van der Waals surface area contributed by atoms with Gasteiger partial charge in [-0.3, -0.25) is 4.79 Å². The molecule has 1 aromatic heterocycles. The van der Waals surface area contributed by atoms with Crippen molar-refractivity contribution >= 4 is 33.2 Å². The van der Waals surface area contributed by atoms with E-state index < -0.39 is 0 Å². The van der Waals surface area contributed by atoms with Crippen LogP contribution in [0.4, 0.5) is 0 Å². The normalized spacial score (nSPS) is 23.3. The molecule has 1 aliphatic rings. The molecule has 0 spiro atoms. The van der Waals surface area contributed by atoms with Gasteiger partial charge in [-0.15, -0.1) is 11.3 Å². The van der Waals surface area contributed by atoms with E-state index in [4.69, 9.17) is 0 Å². The fraction of sp³-hybridized carbons (Fsp3) is 0.643. The van der Waals surface area contributed by atoms with Crippen molar-refractivity contribution in [2.75, 3.05) is 13.1 Å². The molecule has 1 fully saturated rings. The van der Waals surface area contributed by atoms with Crippen molar-refractivity contribution in [3.63, 3.8) is 0 Å². The molecule has 0 bridgehead atoms. The second kappa shape index (κ2) is 6.86. The Morgan fingerprint density at radius 2 is 2.37 bits per heavy atom. The van der Waals surface area contributed by atoms with E-state index in [1.165, 1.54) is 11.3 Å². The molecule has 2 rings (SSSR count). The first-order valence-corrected chi connectivity index (χ1v) is 8.49. The molecule has 106 valence electrons. The number of amides is 1. The van der Waals surface area contributed by atoms with Crippen molar-refractivity contribution in [2.24, 2.45) is 5.92 Å². The lowest BCUT2D eigenvalue weighted by Gasteiger charge is -2.33. The molecule has 0 radical (unpaired) electrons. The smallest absolute Gasteiger partial charge is 0.240 e. The van der Waals surface area contributed by atoms with E-state index in [9.17, 15) is 4.79 Å². The predicted octanol–water partition coefficient (Wildman–Crippen LogP) is 3.25. The molecule has 1 aromatic rings. The fourth-order valence-corrected chi connectivity index (χ4v) is 4.05. The van der Waals surface area contributed by atoms with Gasteiger partial charge in [-0.1, -0.05) is 6.92 Å². The van der Waals surface area contributed by atoms with Gasteiger partial charge in [0, 0.05) is 11.4 Å². The van der Waals surface area contributed by atoms with Gasteiger partial charge in [-0.2, -0.15) is 0 Å². The summed E-state index contributed by atoms with van der Waals surface area (Å²) in [7, 11) is 0. The Bertz CT molecular complexity index is 435. The number of hydrogen-bond donors (Lipinski definition) is 1. The summed E-state index contributed by atoms with van der Waals surface area (Å²) in [5.41, 5.74) is 0. The third-order valence-corrected chi connectivity index (χ3v) is 5.31. The summed E-state index contributed by atoms with van der Waals surface area (Å²) in [5.74, 6) is 0.685. The quantitative estimate of drug-likeness (QED) is 0.909. The Balaban J connectivity index is 2.01. The lowest BCUT2D eigenvalue weighted by atomic mass is 9.92. The number of likely N-dealkylation sites (N-methyl/N-ethyl adjacent to an activating group) is 1. The Hall–Kier alpha value is -0.390. The molecule has 0 aromatic carbocycles. The van der Waals surface area contributed by atoms with Gasteiger partial charge >= 0.3 is 0 Å². The van der Waals surface area contributed by atoms with Crippen molar-refractivity contribution in [2.45, 2.75) is 39.3 Å². The SMILES string of the molecule is CCN(Cc1ccc(Br)s1)C(=O)C1NCCCC1C. The third kappa shape index (κ3) is 3.80. The van der Waals surface area contributed by atoms with Crippen LogP contribution >= 0.6 is 27.3 Å². The van der Waals surface area contributed by atoms with Crippen LogP contribution in [0.1, 0.15) is 31.6 Å². The first-order valence-electron chi connectivity index (χ1n) is 6.88. The topological polar surface area (TPSA) is 32.3 Å². The van der Waals surface area contributed by atoms with Crippen molar-refractivity contribution in [1.29, 1.82) is 0 Å². The van der Waals surface area contributed by atoms with Crippen molar-refractivity contribution < 1.29 is 4.79 Å². The van der Waals surface area contributed by atoms with Crippen LogP contribution in [0, 0.1) is 5.92 Å². The van der Waals surface area contributed by atoms with Crippen LogP contribution in [0.2, 0.25) is 0 Å². The summed E-state index contributed by atoms with van der Waals surface area (Å²) in [4.78, 5) is 15.8. The van der Waals surface area contributed by atoms with Gasteiger partial charge in [0.15, 0.2) is 0 Å². The highest BCUT2D eigenvalue weighted by Crippen LogP contribution is 2.24. The van der Waals surface area contributed by atoms with Gasteiger partial charge in [-0.25, -0.2) is 0 Å². The van der Waals surface area contributed by atoms with Crippen LogP contribution < -0.4 is 5.32 Å². The number of halogens is 1. The average molecular weight is 345 g/mol. The molecular weight excluding hydrogens is 324 g/mol. The number of carbonyl (C=O) groups excluding carboxylic acids is 1. The molecule has 1 saturated heterocycles. The highest BCUT2D eigenvalue weighted by atomic mass is 79.9. The Labute approximate surface area is 127 Å². The van der Waals surface area contributed by atoms with Crippen LogP contribution in [-0.4, -0.2) is 29.9 Å². The Morgan fingerprint density at radius 1 is 1.58 bits per heavy atom. The van der Waals surface area contributed by atoms with Crippen molar-refractivity contribution in [1.82, 2.24) is 10.2 Å². The molecule has 0 saturated carbocycles. The fourth-order valence-electron chi connectivity index (χ4n) is 2.55. The zero-order valence-corrected chi connectivity index (χ0v) is 13.9. The van der Waals surface area contributed by atoms with Crippen LogP contribution in [0.15, 0.2) is 15.9 Å². The van der Waals surface area contributed by atoms with Crippen LogP contribution in [0.3, 0.4) is 0 Å². The summed E-state index contributed by atoms with van der Waals surface area (Å²) < 4.78 is 1.12. The molecule has 1 N–H and O–H groups in total. The number of nitrogens with one attached hydrogen (secondary N) is 1. The highest BCUT2D eigenvalue weighted by molar-refractivity contribution is 9.11. The predicted molar refractivity (Wildman–Crippen MR) is 83.3 cm³/mol. The lowest BCUT2D eigenvalue weighted by molar-refractivity contribution is -0.135. The van der Waals surface area contributed by atoms with Gasteiger partial charge in [0.25, 0.3) is 0 Å². The number of piperidine rings is 1. The first-order chi connectivity index (χ1) is 9.11. The summed E-state index contributed by atoms with van der Waals surface area (Å²) in [6.45, 7) is 6.66. The van der Waals surface area contributed by atoms with Crippen molar-refractivity contribution in [3.8, 4) is 0 Å². The largest absolute Gasteiger partial charge is 0.336 e. The molecule has 1 aliphatic heterocycles. The van der Waals surface area contributed by atoms with Crippen molar-refractivity contribution in [3.05, 3.63) is 20.8 Å². The van der Waals surface area contributed by atoms with Gasteiger partial charge in [0.1, 0.15) is 0 Å². The first kappa shape index (κ1) is 15.0. The maximum absolute atomic E-state index is 12.6. The number of rotatable bonds is 4. The zero-order valence-electron chi connectivity index (χ0n) is 11.5. The van der Waals surface area contributed by atoms with Gasteiger partial charge < -0.3 is 10.2 Å². The minimum absolute atomic E-state index is 0.00268. The van der Waals surface area contributed by atoms with E-state index in [0.717, 1.165) is 29.8 Å². The van der Waals surface area contributed by atoms with E-state index in [0.29, 0.717) is 5.92 Å². The minimum atomic E-state index is -0.00268. The molecular formula is C14H21BrN2OS. The molecule has 0 aliphatic carbocycles. The van der Waals surface area contributed by atoms with E-state index >= 15 is 0 Å². The summed E-state index contributed by atoms with van der Waals surface area (Å²) in [5, 5.41) is 3.38. The van der Waals surface area contributed by atoms with E-state index in [-0.39, 0.29) is 11.9 Å². The van der Waals surface area contributed by atoms with Crippen LogP contribution in [-0.2, 0) is 11.3 Å². The summed E-state index contributed by atoms with van der Waals surface area (Å²) in [6.07, 6.45) is 2.32. The summed E-state index contributed by atoms with van der Waals surface area (Å²) >= 11 is 5.17. The van der Waals surface area contributed by atoms with Gasteiger partial charge in [0.05, 0.1) is 16.4 Å². The Morgan fingerprint density at radius 3 is 2.95 bits per heavy atom. The average Bonchev–Trinajstić information content (AvgIpc) is 2.81. The molecule has 1 amide bonds. The zero-order chi connectivity index (χ0) is 13.8. The maximum atomic E-state index is 12.6.